The molecule has 0 spiro atoms. The van der Waals surface area contributed by atoms with Crippen LogP contribution in [0.3, 0.4) is 0 Å². The van der Waals surface area contributed by atoms with Gasteiger partial charge in [-0.1, -0.05) is 71.7 Å². The van der Waals surface area contributed by atoms with E-state index in [0.29, 0.717) is 68.5 Å². The van der Waals surface area contributed by atoms with Gasteiger partial charge in [0.15, 0.2) is 0 Å². The number of aromatic nitrogens is 3. The summed E-state index contributed by atoms with van der Waals surface area (Å²) in [6, 6.07) is 30.3. The van der Waals surface area contributed by atoms with E-state index in [9.17, 15) is 18.0 Å². The third kappa shape index (κ3) is 9.66. The van der Waals surface area contributed by atoms with E-state index < -0.39 is 15.9 Å². The van der Waals surface area contributed by atoms with Crippen molar-refractivity contribution >= 4 is 55.9 Å². The van der Waals surface area contributed by atoms with Crippen LogP contribution in [0.2, 0.25) is 10.0 Å². The van der Waals surface area contributed by atoms with Crippen LogP contribution in [0, 0.1) is 27.7 Å². The van der Waals surface area contributed by atoms with Crippen molar-refractivity contribution < 1.29 is 27.5 Å². The summed E-state index contributed by atoms with van der Waals surface area (Å²) in [4.78, 5) is 30.0. The van der Waals surface area contributed by atoms with Crippen molar-refractivity contribution in [2.75, 3.05) is 19.8 Å². The van der Waals surface area contributed by atoms with Gasteiger partial charge in [0, 0.05) is 65.9 Å². The smallest absolute Gasteiger partial charge is 0.271 e. The fourth-order valence-electron chi connectivity index (χ4n) is 8.71. The number of ether oxygens (including phenoxy) is 2. The minimum Gasteiger partial charge on any atom is -0.494 e. The van der Waals surface area contributed by atoms with E-state index in [1.54, 1.807) is 36.4 Å². The van der Waals surface area contributed by atoms with E-state index in [0.717, 1.165) is 72.0 Å². The van der Waals surface area contributed by atoms with Crippen LogP contribution in [0.4, 0.5) is 0 Å². The first kappa shape index (κ1) is 45.5. The van der Waals surface area contributed by atoms with Crippen LogP contribution < -0.4 is 14.2 Å². The molecule has 2 aromatic heterocycles. The number of aryl methyl sites for hydroxylation is 6. The number of sulfonamides is 1. The molecule has 0 saturated heterocycles. The summed E-state index contributed by atoms with van der Waals surface area (Å²) in [5.41, 5.74) is 10.1. The first-order valence-electron chi connectivity index (χ1n) is 21.7. The number of nitrogens with zero attached hydrogens (tertiary/aromatic N) is 4. The Balaban J connectivity index is 1.00. The standard InChI is InChI=1S/C51H51Cl2N5O6S/c1-32-29-40(30-33(2)47(32)53)63-27-9-13-42-43-22-23-44(52)46(45-34(3)54-56(5)35(45)4)48(43)58-26-10-25-57(51(60)49(42)58)31-37-14-16-38(17-15-37)50(59)55-65(61,62)41-20-18-39(19-21-41)64-28-24-36-11-7-6-8-12-36/h6-8,11-12,14-23,29-30H,9-10,13,24-28,31H2,1-5H3,(H,55,59). The molecule has 8 rings (SSSR count). The number of hydrogen-bond acceptors (Lipinski definition) is 7. The quantitative estimate of drug-likeness (QED) is 0.102. The first-order chi connectivity index (χ1) is 31.2. The van der Waals surface area contributed by atoms with E-state index in [1.807, 2.05) is 98.9 Å². The second kappa shape index (κ2) is 19.2. The normalized spacial score (nSPS) is 12.9. The summed E-state index contributed by atoms with van der Waals surface area (Å²) >= 11 is 13.5. The highest BCUT2D eigenvalue weighted by Gasteiger charge is 2.32. The minimum absolute atomic E-state index is 0.0614. The van der Waals surface area contributed by atoms with Gasteiger partial charge in [-0.25, -0.2) is 13.1 Å². The molecule has 65 heavy (non-hydrogen) atoms. The van der Waals surface area contributed by atoms with Crippen molar-refractivity contribution in [3.8, 4) is 22.6 Å². The Morgan fingerprint density at radius 2 is 1.48 bits per heavy atom. The molecule has 0 unspecified atom stereocenters. The van der Waals surface area contributed by atoms with Crippen molar-refractivity contribution in [1.82, 2.24) is 24.0 Å². The fraction of sp³-hybridized carbons (Fsp3) is 0.275. The van der Waals surface area contributed by atoms with Crippen molar-refractivity contribution in [3.63, 3.8) is 0 Å². The van der Waals surface area contributed by atoms with Crippen molar-refractivity contribution in [2.24, 2.45) is 7.05 Å². The molecule has 0 saturated carbocycles. The monoisotopic (exact) mass is 931 g/mol. The van der Waals surface area contributed by atoms with E-state index in [-0.39, 0.29) is 22.9 Å². The van der Waals surface area contributed by atoms with E-state index in [2.05, 4.69) is 9.29 Å². The number of fused-ring (bicyclic) bond motifs is 3. The second-order valence-electron chi connectivity index (χ2n) is 16.6. The number of benzene rings is 5. The minimum atomic E-state index is -4.17. The summed E-state index contributed by atoms with van der Waals surface area (Å²) < 4.78 is 44.6. The highest BCUT2D eigenvalue weighted by Crippen LogP contribution is 2.43. The Bertz CT molecular complexity index is 3000. The lowest BCUT2D eigenvalue weighted by Crippen LogP contribution is -2.31. The maximum absolute atomic E-state index is 14.9. The molecule has 0 bridgehead atoms. The maximum atomic E-state index is 14.9. The number of nitrogens with one attached hydrogen (secondary N) is 1. The molecule has 1 aliphatic rings. The highest BCUT2D eigenvalue weighted by atomic mass is 35.5. The van der Waals surface area contributed by atoms with Gasteiger partial charge in [-0.15, -0.1) is 0 Å². The number of carbonyl (C=O) groups is 2. The lowest BCUT2D eigenvalue weighted by molar-refractivity contribution is 0.0744. The molecule has 1 N–H and O–H groups in total. The summed E-state index contributed by atoms with van der Waals surface area (Å²) in [7, 11) is -2.25. The summed E-state index contributed by atoms with van der Waals surface area (Å²) in [6.45, 7) is 10.2. The zero-order chi connectivity index (χ0) is 46.0. The number of carbonyl (C=O) groups excluding carboxylic acids is 2. The van der Waals surface area contributed by atoms with E-state index in [4.69, 9.17) is 37.8 Å². The number of rotatable bonds is 15. The van der Waals surface area contributed by atoms with Gasteiger partial charge in [0.05, 0.1) is 34.3 Å². The van der Waals surface area contributed by atoms with Gasteiger partial charge >= 0.3 is 0 Å². The molecule has 3 heterocycles. The average molecular weight is 933 g/mol. The van der Waals surface area contributed by atoms with Crippen molar-refractivity contribution in [1.29, 1.82) is 0 Å². The summed E-state index contributed by atoms with van der Waals surface area (Å²) in [5, 5.41) is 6.98. The average Bonchev–Trinajstić information content (AvgIpc) is 3.67. The molecule has 5 aromatic carbocycles. The lowest BCUT2D eigenvalue weighted by atomic mass is 9.98. The van der Waals surface area contributed by atoms with Crippen LogP contribution in [-0.4, -0.2) is 59.2 Å². The zero-order valence-corrected chi connectivity index (χ0v) is 39.4. The molecule has 0 aliphatic carbocycles. The fourth-order valence-corrected chi connectivity index (χ4v) is 10.0. The number of amides is 2. The molecule has 0 atom stereocenters. The van der Waals surface area contributed by atoms with Gasteiger partial charge in [-0.3, -0.25) is 14.3 Å². The third-order valence-corrected chi connectivity index (χ3v) is 14.3. The molecule has 7 aromatic rings. The molecular weight excluding hydrogens is 882 g/mol. The molecular formula is C51H51Cl2N5O6S. The molecule has 0 fully saturated rings. The van der Waals surface area contributed by atoms with Crippen LogP contribution in [0.1, 0.15) is 72.9 Å². The molecule has 336 valence electrons. The maximum Gasteiger partial charge on any atom is 0.271 e. The van der Waals surface area contributed by atoms with Gasteiger partial charge < -0.3 is 18.9 Å². The molecule has 0 radical (unpaired) electrons. The topological polar surface area (TPSA) is 125 Å². The van der Waals surface area contributed by atoms with Crippen LogP contribution in [-0.2, 0) is 43.0 Å². The van der Waals surface area contributed by atoms with Gasteiger partial charge in [0.25, 0.3) is 21.8 Å². The van der Waals surface area contributed by atoms with Gasteiger partial charge in [-0.05, 0) is 129 Å². The first-order valence-corrected chi connectivity index (χ1v) is 23.9. The zero-order valence-electron chi connectivity index (χ0n) is 37.1. The van der Waals surface area contributed by atoms with Crippen molar-refractivity contribution in [3.05, 3.63) is 164 Å². The Kier molecular flexibility index (Phi) is 13.4. The van der Waals surface area contributed by atoms with Gasteiger partial charge in [-0.2, -0.15) is 5.10 Å². The predicted molar refractivity (Wildman–Crippen MR) is 256 cm³/mol. The van der Waals surface area contributed by atoms with Crippen LogP contribution in [0.5, 0.6) is 11.5 Å². The van der Waals surface area contributed by atoms with E-state index in [1.165, 1.54) is 12.1 Å². The van der Waals surface area contributed by atoms with Crippen LogP contribution >= 0.6 is 23.2 Å². The highest BCUT2D eigenvalue weighted by molar-refractivity contribution is 7.90. The Morgan fingerprint density at radius 3 is 2.15 bits per heavy atom. The third-order valence-electron chi connectivity index (χ3n) is 12.0. The number of hydrogen-bond donors (Lipinski definition) is 1. The predicted octanol–water partition coefficient (Wildman–Crippen LogP) is 10.4. The SMILES string of the molecule is Cc1cc(OCCCc2c3n(c4c(-c5c(C)nn(C)c5C)c(Cl)ccc24)CCCN(Cc2ccc(C(=O)NS(=O)(=O)c4ccc(OCCc5ccccc5)cc4)cc2)C3=O)cc(C)c1Cl. The van der Waals surface area contributed by atoms with E-state index >= 15 is 0 Å². The number of halogens is 2. The molecule has 2 amide bonds. The molecule has 14 heteroatoms. The van der Waals surface area contributed by atoms with Crippen LogP contribution in [0.25, 0.3) is 22.0 Å². The largest absolute Gasteiger partial charge is 0.494 e. The van der Waals surface area contributed by atoms with Crippen LogP contribution in [0.15, 0.2) is 108 Å². The molecule has 1 aliphatic heterocycles. The molecule has 11 nitrogen and oxygen atoms in total. The summed E-state index contributed by atoms with van der Waals surface area (Å²) in [6.07, 6.45) is 2.63. The lowest BCUT2D eigenvalue weighted by Gasteiger charge is -2.21. The van der Waals surface area contributed by atoms with Gasteiger partial charge in [0.2, 0.25) is 0 Å². The summed E-state index contributed by atoms with van der Waals surface area (Å²) in [5.74, 6) is 0.399. The Morgan fingerprint density at radius 1 is 0.785 bits per heavy atom. The van der Waals surface area contributed by atoms with Crippen molar-refractivity contribution in [2.45, 2.75) is 71.4 Å². The second-order valence-corrected chi connectivity index (χ2v) is 19.0. The Hall–Kier alpha value is -6.08. The Labute approximate surface area is 389 Å². The van der Waals surface area contributed by atoms with Gasteiger partial charge in [0.1, 0.15) is 17.2 Å².